The average Bonchev–Trinajstić information content (AvgIpc) is 3.25. The number of hydrogen-bond acceptors (Lipinski definition) is 4. The minimum atomic E-state index is -0.481. The molecule has 4 nitrogen and oxygen atoms in total. The van der Waals surface area contributed by atoms with Gasteiger partial charge in [-0.15, -0.1) is 0 Å². The van der Waals surface area contributed by atoms with Crippen molar-refractivity contribution in [3.63, 3.8) is 0 Å². The van der Waals surface area contributed by atoms with E-state index in [1.165, 1.54) is 5.39 Å². The van der Waals surface area contributed by atoms with E-state index < -0.39 is 5.41 Å². The number of ketones is 2. The van der Waals surface area contributed by atoms with Crippen molar-refractivity contribution in [2.45, 2.75) is 33.1 Å². The van der Waals surface area contributed by atoms with Crippen LogP contribution >= 0.6 is 0 Å². The van der Waals surface area contributed by atoms with Gasteiger partial charge in [0.25, 0.3) is 0 Å². The van der Waals surface area contributed by atoms with Gasteiger partial charge in [0.05, 0.1) is 11.3 Å². The van der Waals surface area contributed by atoms with Gasteiger partial charge in [-0.1, -0.05) is 194 Å². The Morgan fingerprint density at radius 1 is 0.456 bits per heavy atom. The normalized spacial score (nSPS) is 11.3. The molecule has 0 aliphatic heterocycles. The first-order chi connectivity index (χ1) is 27.7. The topological polar surface area (TPSA) is 60.4 Å². The highest BCUT2D eigenvalue weighted by Crippen LogP contribution is 2.31. The Balaban J connectivity index is 0.000000151. The fourth-order valence-corrected chi connectivity index (χ4v) is 6.30. The Bertz CT molecular complexity index is 2540. The largest absolute Gasteiger partial charge is 0.426 e. The number of ether oxygens (including phenoxy) is 1. The highest BCUT2D eigenvalue weighted by atomic mass is 16.5. The molecular formula is C53H46O4. The van der Waals surface area contributed by atoms with Crippen molar-refractivity contribution in [2.75, 3.05) is 0 Å². The number of rotatable bonds is 8. The molecule has 282 valence electrons. The zero-order chi connectivity index (χ0) is 40.0. The maximum absolute atomic E-state index is 13.3. The van der Waals surface area contributed by atoms with Crippen LogP contribution in [0.4, 0.5) is 0 Å². The summed E-state index contributed by atoms with van der Waals surface area (Å²) in [5.74, 6) is 0.383. The third-order valence-corrected chi connectivity index (χ3v) is 9.41. The van der Waals surface area contributed by atoms with E-state index in [1.54, 1.807) is 0 Å². The minimum Gasteiger partial charge on any atom is -0.426 e. The number of fused-ring (bicyclic) bond motifs is 2. The SMILES string of the molecule is CC(C)(C)C(=O)Oc1ccc2ccccc2c1.O=C(Cc1ccccc1)c1ccccc1.O=C(c1ccccc1)C(c1ccccc1)c1ccc2ccccc2c1. The molecule has 1 atom stereocenters. The van der Waals surface area contributed by atoms with Crippen molar-refractivity contribution in [2.24, 2.45) is 5.41 Å². The van der Waals surface area contributed by atoms with Crippen LogP contribution in [0.25, 0.3) is 21.5 Å². The first kappa shape index (κ1) is 39.8. The molecule has 0 amide bonds. The van der Waals surface area contributed by atoms with Gasteiger partial charge >= 0.3 is 5.97 Å². The van der Waals surface area contributed by atoms with Gasteiger partial charge in [0.2, 0.25) is 0 Å². The first-order valence-corrected chi connectivity index (χ1v) is 19.1. The highest BCUT2D eigenvalue weighted by molar-refractivity contribution is 6.03. The molecule has 0 N–H and O–H groups in total. The van der Waals surface area contributed by atoms with Crippen molar-refractivity contribution in [1.82, 2.24) is 0 Å². The number of hydrogen-bond donors (Lipinski definition) is 0. The zero-order valence-electron chi connectivity index (χ0n) is 32.5. The molecule has 0 aliphatic rings. The number of carbonyl (C=O) groups is 3. The lowest BCUT2D eigenvalue weighted by atomic mass is 9.84. The second-order valence-corrected chi connectivity index (χ2v) is 14.8. The van der Waals surface area contributed by atoms with Crippen LogP contribution in [0.2, 0.25) is 0 Å². The lowest BCUT2D eigenvalue weighted by molar-refractivity contribution is -0.142. The van der Waals surface area contributed by atoms with E-state index >= 15 is 0 Å². The Morgan fingerprint density at radius 2 is 0.912 bits per heavy atom. The van der Waals surface area contributed by atoms with E-state index in [0.29, 0.717) is 12.2 Å². The summed E-state index contributed by atoms with van der Waals surface area (Å²) in [6.07, 6.45) is 0.477. The lowest BCUT2D eigenvalue weighted by Gasteiger charge is -2.18. The van der Waals surface area contributed by atoms with Crippen LogP contribution < -0.4 is 4.74 Å². The summed E-state index contributed by atoms with van der Waals surface area (Å²) in [6.45, 7) is 5.53. The van der Waals surface area contributed by atoms with Gasteiger partial charge in [-0.05, 0) is 71.1 Å². The summed E-state index contributed by atoms with van der Waals surface area (Å²) in [6, 6.07) is 67.0. The Hall–Kier alpha value is -6.91. The van der Waals surface area contributed by atoms with Crippen LogP contribution in [0.1, 0.15) is 64.1 Å². The van der Waals surface area contributed by atoms with Crippen molar-refractivity contribution < 1.29 is 19.1 Å². The van der Waals surface area contributed by atoms with E-state index in [2.05, 4.69) is 30.3 Å². The number of benzene rings is 8. The molecule has 57 heavy (non-hydrogen) atoms. The van der Waals surface area contributed by atoms with Gasteiger partial charge in [-0.25, -0.2) is 0 Å². The molecule has 1 unspecified atom stereocenters. The molecule has 0 aliphatic carbocycles. The van der Waals surface area contributed by atoms with Crippen LogP contribution in [0, 0.1) is 5.41 Å². The summed E-state index contributed by atoms with van der Waals surface area (Å²) in [4.78, 5) is 36.8. The van der Waals surface area contributed by atoms with Crippen LogP contribution in [-0.2, 0) is 11.2 Å². The Labute approximate surface area is 335 Å². The fourth-order valence-electron chi connectivity index (χ4n) is 6.30. The molecule has 0 bridgehead atoms. The second kappa shape index (κ2) is 19.1. The van der Waals surface area contributed by atoms with E-state index in [-0.39, 0.29) is 23.5 Å². The molecule has 8 aromatic rings. The van der Waals surface area contributed by atoms with Gasteiger partial charge < -0.3 is 4.74 Å². The summed E-state index contributed by atoms with van der Waals surface area (Å²) in [5, 5.41) is 4.56. The molecule has 0 aromatic heterocycles. The number of carbonyl (C=O) groups excluding carboxylic acids is 3. The van der Waals surface area contributed by atoms with Gasteiger partial charge in [0.1, 0.15) is 5.75 Å². The monoisotopic (exact) mass is 746 g/mol. The van der Waals surface area contributed by atoms with E-state index in [0.717, 1.165) is 44.0 Å². The summed E-state index contributed by atoms with van der Waals surface area (Å²) >= 11 is 0. The van der Waals surface area contributed by atoms with Crippen molar-refractivity contribution in [3.8, 4) is 5.75 Å². The molecule has 0 saturated carbocycles. The third kappa shape index (κ3) is 11.1. The smallest absolute Gasteiger partial charge is 0.316 e. The quantitative estimate of drug-likeness (QED) is 0.0882. The molecule has 0 radical (unpaired) electrons. The van der Waals surface area contributed by atoms with Crippen molar-refractivity contribution in [3.05, 3.63) is 234 Å². The molecule has 0 fully saturated rings. The highest BCUT2D eigenvalue weighted by Gasteiger charge is 2.25. The molecule has 4 heteroatoms. The molecule has 0 heterocycles. The van der Waals surface area contributed by atoms with Gasteiger partial charge in [-0.3, -0.25) is 14.4 Å². The third-order valence-electron chi connectivity index (χ3n) is 9.41. The molecular weight excluding hydrogens is 701 g/mol. The Kier molecular flexibility index (Phi) is 13.3. The number of esters is 1. The minimum absolute atomic E-state index is 0.127. The predicted molar refractivity (Wildman–Crippen MR) is 233 cm³/mol. The average molecular weight is 747 g/mol. The fraction of sp³-hybridized carbons (Fsp3) is 0.113. The van der Waals surface area contributed by atoms with Gasteiger partial charge in [0, 0.05) is 17.5 Å². The van der Waals surface area contributed by atoms with Crippen LogP contribution in [0.5, 0.6) is 5.75 Å². The van der Waals surface area contributed by atoms with Crippen LogP contribution in [0.15, 0.2) is 206 Å². The van der Waals surface area contributed by atoms with Crippen LogP contribution in [-0.4, -0.2) is 17.5 Å². The number of Topliss-reactive ketones (excluding diaryl/α,β-unsaturated/α-hetero) is 2. The Morgan fingerprint density at radius 3 is 1.47 bits per heavy atom. The van der Waals surface area contributed by atoms with E-state index in [4.69, 9.17) is 4.74 Å². The summed E-state index contributed by atoms with van der Waals surface area (Å²) in [7, 11) is 0. The molecule has 0 saturated heterocycles. The second-order valence-electron chi connectivity index (χ2n) is 14.8. The van der Waals surface area contributed by atoms with Crippen molar-refractivity contribution in [1.29, 1.82) is 0 Å². The van der Waals surface area contributed by atoms with Crippen molar-refractivity contribution >= 4 is 39.1 Å². The predicted octanol–water partition coefficient (Wildman–Crippen LogP) is 12.8. The lowest BCUT2D eigenvalue weighted by Crippen LogP contribution is -2.25. The molecule has 0 spiro atoms. The molecule has 8 aromatic carbocycles. The van der Waals surface area contributed by atoms with Gasteiger partial charge in [0.15, 0.2) is 11.6 Å². The van der Waals surface area contributed by atoms with Gasteiger partial charge in [-0.2, -0.15) is 0 Å². The zero-order valence-corrected chi connectivity index (χ0v) is 32.5. The molecule has 8 rings (SSSR count). The summed E-state index contributed by atoms with van der Waals surface area (Å²) < 4.78 is 5.35. The van der Waals surface area contributed by atoms with Crippen LogP contribution in [0.3, 0.4) is 0 Å². The van der Waals surface area contributed by atoms with E-state index in [1.807, 2.05) is 197 Å². The summed E-state index contributed by atoms with van der Waals surface area (Å²) in [5.41, 5.74) is 4.15. The standard InChI is InChI=1S/C24H18O.C15H16O2.C14H12O/c25-24(20-12-5-2-6-13-20)23(19-10-3-1-4-11-19)22-16-15-18-9-7-8-14-21(18)17-22;1-15(2,3)14(16)17-13-9-8-11-6-4-5-7-12(11)10-13;15-14(13-9-5-2-6-10-13)11-12-7-3-1-4-8-12/h1-17,23H;4-10H,1-3H3;1-10H,11H2. The van der Waals surface area contributed by atoms with E-state index in [9.17, 15) is 14.4 Å². The first-order valence-electron chi connectivity index (χ1n) is 19.1. The maximum atomic E-state index is 13.3. The maximum Gasteiger partial charge on any atom is 0.316 e.